The van der Waals surface area contributed by atoms with Crippen molar-refractivity contribution < 1.29 is 14.4 Å². The monoisotopic (exact) mass is 311 g/mol. The smallest absolute Gasteiger partial charge is 0.300 e. The summed E-state index contributed by atoms with van der Waals surface area (Å²) in [6, 6.07) is 13.1. The van der Waals surface area contributed by atoms with E-state index in [2.05, 4.69) is 36.3 Å². The van der Waals surface area contributed by atoms with Crippen LogP contribution in [0, 0.1) is 0 Å². The molecule has 3 N–H and O–H groups in total. The van der Waals surface area contributed by atoms with Gasteiger partial charge in [0.15, 0.2) is 5.58 Å². The zero-order valence-electron chi connectivity index (χ0n) is 12.8. The third kappa shape index (κ3) is 3.17. The normalized spacial score (nSPS) is 11.0. The lowest BCUT2D eigenvalue weighted by molar-refractivity contribution is 0.0706. The van der Waals surface area contributed by atoms with E-state index in [0.29, 0.717) is 28.6 Å². The van der Waals surface area contributed by atoms with Crippen molar-refractivity contribution in [2.75, 3.05) is 5.32 Å². The largest absolute Gasteiger partial charge is 0.423 e. The van der Waals surface area contributed by atoms with Gasteiger partial charge in [0.25, 0.3) is 11.9 Å². The summed E-state index contributed by atoms with van der Waals surface area (Å²) in [5.41, 5.74) is 5.12. The summed E-state index contributed by atoms with van der Waals surface area (Å²) < 4.78 is 5.60. The van der Waals surface area contributed by atoms with Crippen LogP contribution in [-0.4, -0.2) is 16.1 Å². The molecule has 0 bridgehead atoms. The van der Waals surface area contributed by atoms with Gasteiger partial charge in [-0.05, 0) is 41.8 Å². The fourth-order valence-electron chi connectivity index (χ4n) is 2.26. The maximum absolute atomic E-state index is 11.4. The van der Waals surface area contributed by atoms with E-state index in [1.165, 1.54) is 5.56 Å². The molecule has 0 saturated heterocycles. The second-order valence-corrected chi connectivity index (χ2v) is 5.54. The quantitative estimate of drug-likeness (QED) is 0.503. The molecule has 6 nitrogen and oxygen atoms in total. The van der Waals surface area contributed by atoms with Crippen LogP contribution in [-0.2, 0) is 0 Å². The van der Waals surface area contributed by atoms with Crippen LogP contribution >= 0.6 is 0 Å². The molecule has 118 valence electrons. The summed E-state index contributed by atoms with van der Waals surface area (Å²) in [6.07, 6.45) is 0. The first-order chi connectivity index (χ1) is 11.1. The van der Waals surface area contributed by atoms with E-state index in [0.717, 1.165) is 5.69 Å². The highest BCUT2D eigenvalue weighted by Gasteiger charge is 2.10. The van der Waals surface area contributed by atoms with E-state index in [1.54, 1.807) is 23.7 Å². The van der Waals surface area contributed by atoms with Gasteiger partial charge < -0.3 is 9.73 Å². The maximum atomic E-state index is 11.4. The van der Waals surface area contributed by atoms with Gasteiger partial charge in [-0.1, -0.05) is 26.0 Å². The average molecular weight is 311 g/mol. The van der Waals surface area contributed by atoms with Crippen LogP contribution in [0.1, 0.15) is 35.7 Å². The summed E-state index contributed by atoms with van der Waals surface area (Å²) in [5, 5.41) is 11.8. The van der Waals surface area contributed by atoms with E-state index in [-0.39, 0.29) is 0 Å². The molecule has 23 heavy (non-hydrogen) atoms. The van der Waals surface area contributed by atoms with Crippen LogP contribution in [0.5, 0.6) is 0 Å². The standard InChI is InChI=1S/C17H17N3O3/c1-10(2)11-3-6-13(7-4-11)18-17-19-14-9-12(16(21)20-22)5-8-15(14)23-17/h3-10,22H,1-2H3,(H,18,19)(H,20,21). The predicted octanol–water partition coefficient (Wildman–Crippen LogP) is 3.81. The van der Waals surface area contributed by atoms with Crippen molar-refractivity contribution in [3.05, 3.63) is 53.6 Å². The number of amides is 1. The van der Waals surface area contributed by atoms with Gasteiger partial charge in [-0.3, -0.25) is 10.0 Å². The molecule has 3 rings (SSSR count). The fraction of sp³-hybridized carbons (Fsp3) is 0.176. The van der Waals surface area contributed by atoms with Crippen molar-refractivity contribution in [2.24, 2.45) is 0 Å². The molecule has 0 radical (unpaired) electrons. The number of oxazole rings is 1. The number of carbonyl (C=O) groups is 1. The Morgan fingerprint density at radius 3 is 2.57 bits per heavy atom. The molecule has 0 saturated carbocycles. The minimum absolute atomic E-state index is 0.307. The summed E-state index contributed by atoms with van der Waals surface area (Å²) in [7, 11) is 0. The highest BCUT2D eigenvalue weighted by Crippen LogP contribution is 2.24. The molecule has 0 atom stereocenters. The molecule has 3 aromatic rings. The van der Waals surface area contributed by atoms with Crippen LogP contribution in [0.2, 0.25) is 0 Å². The number of hydroxylamine groups is 1. The van der Waals surface area contributed by atoms with Gasteiger partial charge in [0, 0.05) is 11.3 Å². The van der Waals surface area contributed by atoms with Crippen LogP contribution in [0.15, 0.2) is 46.9 Å². The zero-order chi connectivity index (χ0) is 16.4. The summed E-state index contributed by atoms with van der Waals surface area (Å²) in [4.78, 5) is 15.7. The molecular formula is C17H17N3O3. The van der Waals surface area contributed by atoms with Gasteiger partial charge in [-0.25, -0.2) is 5.48 Å². The number of rotatable bonds is 4. The SMILES string of the molecule is CC(C)c1ccc(Nc2nc3cc(C(=O)NO)ccc3o2)cc1. The van der Waals surface area contributed by atoms with E-state index in [9.17, 15) is 4.79 Å². The lowest BCUT2D eigenvalue weighted by Gasteiger charge is -2.06. The number of benzene rings is 2. The number of fused-ring (bicyclic) bond motifs is 1. The van der Waals surface area contributed by atoms with Gasteiger partial charge in [0.05, 0.1) is 0 Å². The Morgan fingerprint density at radius 1 is 1.17 bits per heavy atom. The topological polar surface area (TPSA) is 87.4 Å². The molecule has 0 spiro atoms. The Balaban J connectivity index is 1.84. The van der Waals surface area contributed by atoms with E-state index < -0.39 is 5.91 Å². The first-order valence-electron chi connectivity index (χ1n) is 7.29. The minimum Gasteiger partial charge on any atom is -0.423 e. The Morgan fingerprint density at radius 2 is 1.91 bits per heavy atom. The Kier molecular flexibility index (Phi) is 3.99. The first kappa shape index (κ1) is 15.1. The van der Waals surface area contributed by atoms with Crippen LogP contribution in [0.25, 0.3) is 11.1 Å². The van der Waals surface area contributed by atoms with E-state index in [1.807, 2.05) is 12.1 Å². The highest BCUT2D eigenvalue weighted by atomic mass is 16.5. The van der Waals surface area contributed by atoms with E-state index >= 15 is 0 Å². The molecule has 1 aromatic heterocycles. The predicted molar refractivity (Wildman–Crippen MR) is 87.1 cm³/mol. The van der Waals surface area contributed by atoms with E-state index in [4.69, 9.17) is 9.62 Å². The highest BCUT2D eigenvalue weighted by molar-refractivity contribution is 5.96. The van der Waals surface area contributed by atoms with Crippen LogP contribution < -0.4 is 10.8 Å². The third-order valence-electron chi connectivity index (χ3n) is 3.58. The van der Waals surface area contributed by atoms with Crippen molar-refractivity contribution >= 4 is 28.7 Å². The Hall–Kier alpha value is -2.86. The molecule has 6 heteroatoms. The summed E-state index contributed by atoms with van der Waals surface area (Å²) in [6.45, 7) is 4.28. The van der Waals surface area contributed by atoms with Gasteiger partial charge in [-0.2, -0.15) is 4.98 Å². The first-order valence-corrected chi connectivity index (χ1v) is 7.29. The number of carbonyl (C=O) groups excluding carboxylic acids is 1. The molecule has 0 aliphatic rings. The van der Waals surface area contributed by atoms with Crippen molar-refractivity contribution in [3.8, 4) is 0 Å². The van der Waals surface area contributed by atoms with Gasteiger partial charge in [0.1, 0.15) is 5.52 Å². The zero-order valence-corrected chi connectivity index (χ0v) is 12.8. The summed E-state index contributed by atoms with van der Waals surface area (Å²) >= 11 is 0. The molecule has 2 aromatic carbocycles. The van der Waals surface area contributed by atoms with Gasteiger partial charge >= 0.3 is 0 Å². The Labute approximate surface area is 133 Å². The minimum atomic E-state index is -0.589. The molecule has 0 aliphatic heterocycles. The number of hydrogen-bond acceptors (Lipinski definition) is 5. The molecule has 0 unspecified atom stereocenters. The summed E-state index contributed by atoms with van der Waals surface area (Å²) in [5.74, 6) is -0.113. The molecule has 1 heterocycles. The molecule has 1 amide bonds. The number of aromatic nitrogens is 1. The number of hydrogen-bond donors (Lipinski definition) is 3. The lowest BCUT2D eigenvalue weighted by atomic mass is 10.0. The lowest BCUT2D eigenvalue weighted by Crippen LogP contribution is -2.18. The van der Waals surface area contributed by atoms with Gasteiger partial charge in [0.2, 0.25) is 0 Å². The second kappa shape index (κ2) is 6.10. The van der Waals surface area contributed by atoms with Crippen LogP contribution in [0.4, 0.5) is 11.7 Å². The fourth-order valence-corrected chi connectivity index (χ4v) is 2.26. The van der Waals surface area contributed by atoms with Gasteiger partial charge in [-0.15, -0.1) is 0 Å². The average Bonchev–Trinajstić information content (AvgIpc) is 2.95. The van der Waals surface area contributed by atoms with Crippen molar-refractivity contribution in [1.29, 1.82) is 0 Å². The van der Waals surface area contributed by atoms with Crippen molar-refractivity contribution in [2.45, 2.75) is 19.8 Å². The molecule has 0 aliphatic carbocycles. The second-order valence-electron chi connectivity index (χ2n) is 5.54. The number of nitrogens with zero attached hydrogens (tertiary/aromatic N) is 1. The molecular weight excluding hydrogens is 294 g/mol. The number of anilines is 2. The van der Waals surface area contributed by atoms with Crippen molar-refractivity contribution in [3.63, 3.8) is 0 Å². The van der Waals surface area contributed by atoms with Crippen molar-refractivity contribution in [1.82, 2.24) is 10.5 Å². The third-order valence-corrected chi connectivity index (χ3v) is 3.58. The molecule has 0 fully saturated rings. The van der Waals surface area contributed by atoms with Crippen LogP contribution in [0.3, 0.4) is 0 Å². The maximum Gasteiger partial charge on any atom is 0.300 e. The Bertz CT molecular complexity index is 838. The number of nitrogens with one attached hydrogen (secondary N) is 2.